The Morgan fingerprint density at radius 3 is 2.16 bits per heavy atom. The first-order chi connectivity index (χ1) is 8.59. The molecule has 0 amide bonds. The number of ketones is 2. The maximum atomic E-state index is 9.98. The Hall–Kier alpha value is -1.29. The minimum atomic E-state index is -0.187. The third kappa shape index (κ3) is 7.67. The number of thiophene rings is 1. The van der Waals surface area contributed by atoms with Gasteiger partial charge < -0.3 is 9.59 Å². The van der Waals surface area contributed by atoms with Crippen LogP contribution in [0.4, 0.5) is 0 Å². The monoisotopic (exact) mass is 453 g/mol. The van der Waals surface area contributed by atoms with Crippen molar-refractivity contribution in [1.82, 2.24) is 4.98 Å². The van der Waals surface area contributed by atoms with Gasteiger partial charge in [0.2, 0.25) is 0 Å². The first-order valence-electron chi connectivity index (χ1n) is 5.40. The average molecular weight is 453 g/mol. The van der Waals surface area contributed by atoms with Gasteiger partial charge in [0, 0.05) is 37.9 Å². The molecule has 2 heterocycles. The molecule has 0 spiro atoms. The number of nitrogens with zero attached hydrogens (tertiary/aromatic N) is 1. The maximum absolute atomic E-state index is 9.98. The number of pyridine rings is 1. The quantitative estimate of drug-likeness (QED) is 0.531. The molecule has 0 aromatic carbocycles. The van der Waals surface area contributed by atoms with Gasteiger partial charge in [-0.3, -0.25) is 11.4 Å². The van der Waals surface area contributed by atoms with Crippen LogP contribution >= 0.6 is 11.3 Å². The van der Waals surface area contributed by atoms with Crippen LogP contribution in [-0.4, -0.2) is 16.6 Å². The summed E-state index contributed by atoms with van der Waals surface area (Å²) in [4.78, 5) is 25.4. The molecular formula is C14H14IrNO2S-. The molecule has 0 aliphatic heterocycles. The minimum absolute atomic E-state index is 0. The molecule has 103 valence electrons. The van der Waals surface area contributed by atoms with Crippen LogP contribution in [0.1, 0.15) is 13.8 Å². The standard InChI is InChI=1S/C9H7NS.C5H7O2.Ir/c1-2-6-10-8(4-1)9-5-3-7-11-9;1-4(6)3-5(2)7;/h1-7H;3H,1-2H3;/q;-1;. The van der Waals surface area contributed by atoms with E-state index < -0.39 is 0 Å². The summed E-state index contributed by atoms with van der Waals surface area (Å²) in [6, 6.07) is 10.1. The first kappa shape index (κ1) is 17.7. The number of carbonyl (C=O) groups is 2. The van der Waals surface area contributed by atoms with Crippen LogP contribution < -0.4 is 0 Å². The van der Waals surface area contributed by atoms with Crippen molar-refractivity contribution in [3.05, 3.63) is 48.3 Å². The molecule has 0 bridgehead atoms. The van der Waals surface area contributed by atoms with E-state index in [1.54, 1.807) is 11.3 Å². The summed E-state index contributed by atoms with van der Waals surface area (Å²) in [6.07, 6.45) is 2.87. The van der Waals surface area contributed by atoms with Crippen molar-refractivity contribution in [3.8, 4) is 10.6 Å². The van der Waals surface area contributed by atoms with E-state index in [0.29, 0.717) is 0 Å². The van der Waals surface area contributed by atoms with Crippen LogP contribution in [0, 0.1) is 6.42 Å². The van der Waals surface area contributed by atoms with Gasteiger partial charge in [-0.1, -0.05) is 12.1 Å². The van der Waals surface area contributed by atoms with Crippen LogP contribution in [0.15, 0.2) is 41.9 Å². The van der Waals surface area contributed by atoms with Crippen molar-refractivity contribution < 1.29 is 29.7 Å². The number of carbonyl (C=O) groups excluding carboxylic acids is 2. The molecule has 0 saturated carbocycles. The van der Waals surface area contributed by atoms with E-state index in [1.807, 2.05) is 30.5 Å². The minimum Gasteiger partial charge on any atom is -0.334 e. The largest absolute Gasteiger partial charge is 0.334 e. The molecule has 0 N–H and O–H groups in total. The van der Waals surface area contributed by atoms with E-state index in [1.165, 1.54) is 18.7 Å². The molecule has 5 heteroatoms. The molecule has 0 unspecified atom stereocenters. The molecule has 3 nitrogen and oxygen atoms in total. The second-order valence-corrected chi connectivity index (χ2v) is 4.51. The zero-order valence-electron chi connectivity index (χ0n) is 10.6. The molecule has 0 saturated heterocycles. The van der Waals surface area contributed by atoms with E-state index in [4.69, 9.17) is 0 Å². The summed E-state index contributed by atoms with van der Waals surface area (Å²) in [6.45, 7) is 2.70. The first-order valence-corrected chi connectivity index (χ1v) is 6.28. The summed E-state index contributed by atoms with van der Waals surface area (Å²) < 4.78 is 0. The Morgan fingerprint density at radius 2 is 1.79 bits per heavy atom. The van der Waals surface area contributed by atoms with Gasteiger partial charge in [0.1, 0.15) is 0 Å². The van der Waals surface area contributed by atoms with Crippen LogP contribution in [0.2, 0.25) is 0 Å². The molecule has 2 rings (SSSR count). The number of hydrogen-bond acceptors (Lipinski definition) is 4. The van der Waals surface area contributed by atoms with Gasteiger partial charge in [-0.25, -0.2) is 0 Å². The van der Waals surface area contributed by atoms with E-state index >= 15 is 0 Å². The van der Waals surface area contributed by atoms with Gasteiger partial charge in [0.15, 0.2) is 0 Å². The molecule has 0 aliphatic carbocycles. The van der Waals surface area contributed by atoms with Crippen LogP contribution in [0.5, 0.6) is 0 Å². The maximum Gasteiger partial charge on any atom is 0.0801 e. The van der Waals surface area contributed by atoms with Gasteiger partial charge in [-0.2, -0.15) is 0 Å². The van der Waals surface area contributed by atoms with E-state index in [9.17, 15) is 9.59 Å². The molecular weight excluding hydrogens is 438 g/mol. The third-order valence-corrected chi connectivity index (χ3v) is 2.74. The fourth-order valence-electron chi connectivity index (χ4n) is 1.22. The Balaban J connectivity index is 0.000000360. The van der Waals surface area contributed by atoms with Crippen molar-refractivity contribution >= 4 is 22.9 Å². The fourth-order valence-corrected chi connectivity index (χ4v) is 1.92. The van der Waals surface area contributed by atoms with Crippen LogP contribution in [0.25, 0.3) is 10.6 Å². The van der Waals surface area contributed by atoms with Crippen molar-refractivity contribution in [3.63, 3.8) is 0 Å². The summed E-state index contributed by atoms with van der Waals surface area (Å²) in [5, 5.41) is 2.06. The van der Waals surface area contributed by atoms with Gasteiger partial charge in [-0.15, -0.1) is 11.3 Å². The number of hydrogen-bond donors (Lipinski definition) is 0. The fraction of sp³-hybridized carbons (Fsp3) is 0.143. The van der Waals surface area contributed by atoms with Crippen molar-refractivity contribution in [2.45, 2.75) is 13.8 Å². The van der Waals surface area contributed by atoms with Crippen molar-refractivity contribution in [1.29, 1.82) is 0 Å². The van der Waals surface area contributed by atoms with Gasteiger partial charge in [-0.05, 0) is 37.4 Å². The molecule has 0 aliphatic rings. The van der Waals surface area contributed by atoms with Gasteiger partial charge in [0.05, 0.1) is 10.6 Å². The summed E-state index contributed by atoms with van der Waals surface area (Å²) >= 11 is 1.71. The third-order valence-electron chi connectivity index (χ3n) is 1.85. The average Bonchev–Trinajstić information content (AvgIpc) is 2.82. The molecule has 2 aromatic heterocycles. The SMILES string of the molecule is CC(=O)[CH-]C(C)=O.[Ir].c1ccc(-c2cccs2)nc1. The molecule has 0 atom stereocenters. The Kier molecular flexibility index (Phi) is 8.96. The second kappa shape index (κ2) is 9.61. The summed E-state index contributed by atoms with van der Waals surface area (Å²) in [7, 11) is 0. The predicted molar refractivity (Wildman–Crippen MR) is 73.2 cm³/mol. The smallest absolute Gasteiger partial charge is 0.0801 e. The van der Waals surface area contributed by atoms with E-state index in [2.05, 4.69) is 16.4 Å². The van der Waals surface area contributed by atoms with Crippen molar-refractivity contribution in [2.75, 3.05) is 0 Å². The Bertz CT molecular complexity index is 485. The zero-order chi connectivity index (χ0) is 13.4. The molecule has 1 radical (unpaired) electrons. The topological polar surface area (TPSA) is 47.0 Å². The number of aromatic nitrogens is 1. The van der Waals surface area contributed by atoms with E-state index in [0.717, 1.165) is 12.1 Å². The summed E-state index contributed by atoms with van der Waals surface area (Å²) in [5.74, 6) is -0.375. The molecule has 0 fully saturated rings. The normalized spacial score (nSPS) is 8.53. The zero-order valence-corrected chi connectivity index (χ0v) is 13.8. The summed E-state index contributed by atoms with van der Waals surface area (Å²) in [5.41, 5.74) is 1.06. The Morgan fingerprint density at radius 1 is 1.11 bits per heavy atom. The second-order valence-electron chi connectivity index (χ2n) is 3.56. The Labute approximate surface area is 130 Å². The van der Waals surface area contributed by atoms with Gasteiger partial charge in [0.25, 0.3) is 0 Å². The molecule has 19 heavy (non-hydrogen) atoms. The van der Waals surface area contributed by atoms with Gasteiger partial charge >= 0.3 is 0 Å². The van der Waals surface area contributed by atoms with Crippen LogP contribution in [0.3, 0.4) is 0 Å². The van der Waals surface area contributed by atoms with E-state index in [-0.39, 0.29) is 31.7 Å². The number of rotatable bonds is 3. The van der Waals surface area contributed by atoms with Crippen molar-refractivity contribution in [2.24, 2.45) is 0 Å². The molecule has 2 aromatic rings. The van der Waals surface area contributed by atoms with Crippen LogP contribution in [-0.2, 0) is 29.7 Å². The number of Topliss-reactive ketones (excluding diaryl/α,β-unsaturated/α-hetero) is 2. The predicted octanol–water partition coefficient (Wildman–Crippen LogP) is 3.18.